The zero-order valence-corrected chi connectivity index (χ0v) is 13.2. The first kappa shape index (κ1) is 14.7. The standard InChI is InChI=1S/C17H18N2O2S/c1-12-3-2-4-13(9-12)11-18-17(22)19-14-5-6-15-16(10-14)21-8-7-20-15/h2-6,9-10H,7-8,11H2,1H3,(H2,18,19,22). The van der Waals surface area contributed by atoms with Gasteiger partial charge in [0.15, 0.2) is 16.6 Å². The smallest absolute Gasteiger partial charge is 0.171 e. The Balaban J connectivity index is 1.57. The molecule has 2 aromatic carbocycles. The molecule has 3 rings (SSSR count). The Kier molecular flexibility index (Phi) is 4.44. The summed E-state index contributed by atoms with van der Waals surface area (Å²) in [7, 11) is 0. The van der Waals surface area contributed by atoms with Crippen molar-refractivity contribution in [1.82, 2.24) is 5.32 Å². The van der Waals surface area contributed by atoms with Crippen LogP contribution in [0.15, 0.2) is 42.5 Å². The second-order valence-corrected chi connectivity index (χ2v) is 5.56. The van der Waals surface area contributed by atoms with Gasteiger partial charge < -0.3 is 20.1 Å². The molecule has 4 nitrogen and oxygen atoms in total. The molecule has 22 heavy (non-hydrogen) atoms. The molecule has 0 atom stereocenters. The largest absolute Gasteiger partial charge is 0.486 e. The van der Waals surface area contributed by atoms with E-state index < -0.39 is 0 Å². The summed E-state index contributed by atoms with van der Waals surface area (Å²) in [6, 6.07) is 14.1. The van der Waals surface area contributed by atoms with Crippen molar-refractivity contribution >= 4 is 23.0 Å². The molecule has 2 N–H and O–H groups in total. The molecule has 0 unspecified atom stereocenters. The molecule has 0 saturated heterocycles. The minimum absolute atomic E-state index is 0.576. The number of anilines is 1. The van der Waals surface area contributed by atoms with Gasteiger partial charge in [-0.05, 0) is 36.8 Å². The van der Waals surface area contributed by atoms with E-state index in [4.69, 9.17) is 21.7 Å². The van der Waals surface area contributed by atoms with E-state index in [9.17, 15) is 0 Å². The number of thiocarbonyl (C=S) groups is 1. The van der Waals surface area contributed by atoms with E-state index in [1.165, 1.54) is 11.1 Å². The number of fused-ring (bicyclic) bond motifs is 1. The third-order valence-corrected chi connectivity index (χ3v) is 3.58. The summed E-state index contributed by atoms with van der Waals surface area (Å²) >= 11 is 5.33. The van der Waals surface area contributed by atoms with Gasteiger partial charge in [0.25, 0.3) is 0 Å². The monoisotopic (exact) mass is 314 g/mol. The molecule has 5 heteroatoms. The summed E-state index contributed by atoms with van der Waals surface area (Å²) in [4.78, 5) is 0. The van der Waals surface area contributed by atoms with Gasteiger partial charge in [-0.25, -0.2) is 0 Å². The van der Waals surface area contributed by atoms with Gasteiger partial charge in [-0.3, -0.25) is 0 Å². The van der Waals surface area contributed by atoms with Gasteiger partial charge >= 0.3 is 0 Å². The Bertz CT molecular complexity index is 688. The Labute approximate surface area is 135 Å². The highest BCUT2D eigenvalue weighted by molar-refractivity contribution is 7.80. The fourth-order valence-electron chi connectivity index (χ4n) is 2.30. The first-order valence-corrected chi connectivity index (χ1v) is 7.61. The summed E-state index contributed by atoms with van der Waals surface area (Å²) < 4.78 is 11.1. The van der Waals surface area contributed by atoms with E-state index >= 15 is 0 Å². The highest BCUT2D eigenvalue weighted by Crippen LogP contribution is 2.32. The minimum atomic E-state index is 0.576. The van der Waals surface area contributed by atoms with Crippen LogP contribution in [0.4, 0.5) is 5.69 Å². The molecule has 1 heterocycles. The van der Waals surface area contributed by atoms with Gasteiger partial charge in [0.05, 0.1) is 0 Å². The number of hydrogen-bond donors (Lipinski definition) is 2. The van der Waals surface area contributed by atoms with Crippen LogP contribution in [-0.4, -0.2) is 18.3 Å². The fraction of sp³-hybridized carbons (Fsp3) is 0.235. The van der Waals surface area contributed by atoms with Gasteiger partial charge in [0, 0.05) is 18.3 Å². The van der Waals surface area contributed by atoms with E-state index in [-0.39, 0.29) is 0 Å². The molecule has 0 aromatic heterocycles. The summed E-state index contributed by atoms with van der Waals surface area (Å²) in [5, 5.41) is 6.95. The SMILES string of the molecule is Cc1cccc(CNC(=S)Nc2ccc3c(c2)OCCO3)c1. The van der Waals surface area contributed by atoms with Crippen LogP contribution in [0.3, 0.4) is 0 Å². The van der Waals surface area contributed by atoms with Crippen LogP contribution in [-0.2, 0) is 6.54 Å². The molecular weight excluding hydrogens is 296 g/mol. The summed E-state index contributed by atoms with van der Waals surface area (Å²) in [5.41, 5.74) is 3.32. The predicted molar refractivity (Wildman–Crippen MR) is 91.7 cm³/mol. The third kappa shape index (κ3) is 3.68. The van der Waals surface area contributed by atoms with E-state index in [1.807, 2.05) is 24.3 Å². The summed E-state index contributed by atoms with van der Waals surface area (Å²) in [6.07, 6.45) is 0. The van der Waals surface area contributed by atoms with Gasteiger partial charge in [-0.1, -0.05) is 29.8 Å². The average Bonchev–Trinajstić information content (AvgIpc) is 2.53. The molecule has 0 saturated carbocycles. The number of rotatable bonds is 3. The molecule has 0 aliphatic carbocycles. The van der Waals surface area contributed by atoms with E-state index in [1.54, 1.807) is 0 Å². The number of hydrogen-bond acceptors (Lipinski definition) is 3. The normalized spacial score (nSPS) is 12.6. The third-order valence-electron chi connectivity index (χ3n) is 3.34. The topological polar surface area (TPSA) is 42.5 Å². The molecule has 1 aliphatic rings. The highest BCUT2D eigenvalue weighted by Gasteiger charge is 2.11. The van der Waals surface area contributed by atoms with Crippen molar-refractivity contribution in [2.75, 3.05) is 18.5 Å². The van der Waals surface area contributed by atoms with Crippen molar-refractivity contribution in [2.45, 2.75) is 13.5 Å². The first-order chi connectivity index (χ1) is 10.7. The average molecular weight is 314 g/mol. The number of aryl methyl sites for hydroxylation is 1. The molecule has 2 aromatic rings. The fourth-order valence-corrected chi connectivity index (χ4v) is 2.49. The minimum Gasteiger partial charge on any atom is -0.486 e. The highest BCUT2D eigenvalue weighted by atomic mass is 32.1. The van der Waals surface area contributed by atoms with Crippen LogP contribution < -0.4 is 20.1 Å². The quantitative estimate of drug-likeness (QED) is 0.851. The van der Waals surface area contributed by atoms with E-state index in [2.05, 4.69) is 35.8 Å². The molecule has 0 bridgehead atoms. The van der Waals surface area contributed by atoms with Crippen LogP contribution >= 0.6 is 12.2 Å². The zero-order chi connectivity index (χ0) is 15.4. The van der Waals surface area contributed by atoms with Crippen molar-refractivity contribution in [1.29, 1.82) is 0 Å². The van der Waals surface area contributed by atoms with Gasteiger partial charge in [-0.2, -0.15) is 0 Å². The van der Waals surface area contributed by atoms with Crippen LogP contribution in [0.2, 0.25) is 0 Å². The first-order valence-electron chi connectivity index (χ1n) is 7.21. The maximum absolute atomic E-state index is 5.56. The van der Waals surface area contributed by atoms with Gasteiger partial charge in [0.2, 0.25) is 0 Å². The Morgan fingerprint density at radius 2 is 1.91 bits per heavy atom. The Hall–Kier alpha value is -2.27. The molecule has 0 spiro atoms. The Morgan fingerprint density at radius 3 is 2.73 bits per heavy atom. The second-order valence-electron chi connectivity index (χ2n) is 5.16. The van der Waals surface area contributed by atoms with Crippen molar-refractivity contribution < 1.29 is 9.47 Å². The van der Waals surface area contributed by atoms with Crippen molar-refractivity contribution in [2.24, 2.45) is 0 Å². The van der Waals surface area contributed by atoms with E-state index in [0.717, 1.165) is 17.2 Å². The van der Waals surface area contributed by atoms with Crippen LogP contribution in [0.1, 0.15) is 11.1 Å². The van der Waals surface area contributed by atoms with Crippen molar-refractivity contribution in [3.63, 3.8) is 0 Å². The van der Waals surface area contributed by atoms with Crippen molar-refractivity contribution in [3.8, 4) is 11.5 Å². The predicted octanol–water partition coefficient (Wildman–Crippen LogP) is 3.25. The van der Waals surface area contributed by atoms with Crippen LogP contribution in [0.5, 0.6) is 11.5 Å². The Morgan fingerprint density at radius 1 is 1.09 bits per heavy atom. The molecule has 0 amide bonds. The lowest BCUT2D eigenvalue weighted by molar-refractivity contribution is 0.171. The van der Waals surface area contributed by atoms with Crippen LogP contribution in [0, 0.1) is 6.92 Å². The van der Waals surface area contributed by atoms with Crippen LogP contribution in [0.25, 0.3) is 0 Å². The molecule has 1 aliphatic heterocycles. The number of ether oxygens (including phenoxy) is 2. The zero-order valence-electron chi connectivity index (χ0n) is 12.4. The molecule has 0 radical (unpaired) electrons. The summed E-state index contributed by atoms with van der Waals surface area (Å²) in [6.45, 7) is 3.94. The molecule has 0 fully saturated rings. The number of nitrogens with one attached hydrogen (secondary N) is 2. The summed E-state index contributed by atoms with van der Waals surface area (Å²) in [5.74, 6) is 1.52. The van der Waals surface area contributed by atoms with Gasteiger partial charge in [-0.15, -0.1) is 0 Å². The number of benzene rings is 2. The van der Waals surface area contributed by atoms with Gasteiger partial charge in [0.1, 0.15) is 13.2 Å². The molecule has 114 valence electrons. The maximum Gasteiger partial charge on any atom is 0.171 e. The van der Waals surface area contributed by atoms with E-state index in [0.29, 0.717) is 24.9 Å². The second kappa shape index (κ2) is 6.66. The lowest BCUT2D eigenvalue weighted by Crippen LogP contribution is -2.28. The lowest BCUT2D eigenvalue weighted by atomic mass is 10.1. The lowest BCUT2D eigenvalue weighted by Gasteiger charge is -2.19. The molecular formula is C17H18N2O2S. The van der Waals surface area contributed by atoms with Crippen molar-refractivity contribution in [3.05, 3.63) is 53.6 Å². The maximum atomic E-state index is 5.56.